The summed E-state index contributed by atoms with van der Waals surface area (Å²) in [5, 5.41) is 3.05. The molecule has 0 aromatic carbocycles. The van der Waals surface area contributed by atoms with Crippen molar-refractivity contribution in [2.75, 3.05) is 40.9 Å². The molecule has 1 amide bonds. The lowest BCUT2D eigenvalue weighted by Crippen LogP contribution is -2.47. The Bertz CT molecular complexity index is 1560. The van der Waals surface area contributed by atoms with Gasteiger partial charge in [-0.15, -0.1) is 0 Å². The first-order valence-electron chi connectivity index (χ1n) is 30.9. The molecule has 0 aromatic rings. The zero-order valence-electron chi connectivity index (χ0n) is 49.5. The summed E-state index contributed by atoms with van der Waals surface area (Å²) in [6.07, 6.45) is 71.5. The lowest BCUT2D eigenvalue weighted by Gasteiger charge is -2.27. The van der Waals surface area contributed by atoms with E-state index in [0.29, 0.717) is 23.9 Å². The lowest BCUT2D eigenvalue weighted by molar-refractivity contribution is -0.870. The third-order valence-corrected chi connectivity index (χ3v) is 14.3. The SMILES string of the molecule is CC/C=C\C/C=C\C/C=C\C/C=C\C/C=C\C/C=C\CCCCCCC(=O)OC(/C=C/CCCCCCCCCCCC)C(COP(=O)(O)OCC[N+](C)(C)C)NC(=O)CCCCCCCCCCCCCCCC. The molecule has 0 heterocycles. The Morgan fingerprint density at radius 3 is 1.28 bits per heavy atom. The number of nitrogens with one attached hydrogen (secondary N) is 1. The van der Waals surface area contributed by atoms with Crippen molar-refractivity contribution in [2.45, 2.75) is 277 Å². The van der Waals surface area contributed by atoms with Crippen molar-refractivity contribution >= 4 is 19.7 Å². The number of ether oxygens (including phenoxy) is 1. The molecule has 0 spiro atoms. The second kappa shape index (κ2) is 54.5. The van der Waals surface area contributed by atoms with Gasteiger partial charge >= 0.3 is 13.8 Å². The van der Waals surface area contributed by atoms with Crippen molar-refractivity contribution in [3.8, 4) is 0 Å². The van der Waals surface area contributed by atoms with Crippen LogP contribution in [0, 0.1) is 0 Å². The summed E-state index contributed by atoms with van der Waals surface area (Å²) in [4.78, 5) is 37.7. The molecule has 9 nitrogen and oxygen atoms in total. The fourth-order valence-electron chi connectivity index (χ4n) is 8.59. The van der Waals surface area contributed by atoms with Gasteiger partial charge in [-0.05, 0) is 83.1 Å². The number of hydrogen-bond donors (Lipinski definition) is 2. The molecule has 10 heteroatoms. The van der Waals surface area contributed by atoms with E-state index in [0.717, 1.165) is 103 Å². The lowest BCUT2D eigenvalue weighted by atomic mass is 10.0. The average Bonchev–Trinajstić information content (AvgIpc) is 3.37. The molecule has 0 rings (SSSR count). The molecule has 0 saturated carbocycles. The number of allylic oxidation sites excluding steroid dienone is 13. The van der Waals surface area contributed by atoms with Crippen molar-refractivity contribution in [1.82, 2.24) is 5.32 Å². The highest BCUT2D eigenvalue weighted by molar-refractivity contribution is 7.47. The third-order valence-electron chi connectivity index (χ3n) is 13.3. The molecule has 0 aliphatic carbocycles. The predicted molar refractivity (Wildman–Crippen MR) is 323 cm³/mol. The van der Waals surface area contributed by atoms with E-state index in [9.17, 15) is 19.0 Å². The van der Waals surface area contributed by atoms with E-state index in [1.807, 2.05) is 33.3 Å². The molecule has 0 fully saturated rings. The van der Waals surface area contributed by atoms with Crippen LogP contribution < -0.4 is 5.32 Å². The van der Waals surface area contributed by atoms with Crippen molar-refractivity contribution in [2.24, 2.45) is 0 Å². The third kappa shape index (κ3) is 55.7. The maximum Gasteiger partial charge on any atom is 0.472 e. The number of esters is 1. The number of carbonyl (C=O) groups excluding carboxylic acids is 2. The number of rotatable bonds is 55. The van der Waals surface area contributed by atoms with Gasteiger partial charge in [-0.25, -0.2) is 4.57 Å². The fraction of sp³-hybridized carbons (Fsp3) is 0.754. The number of amides is 1. The number of quaternary nitrogens is 1. The van der Waals surface area contributed by atoms with Gasteiger partial charge in [-0.3, -0.25) is 18.6 Å². The van der Waals surface area contributed by atoms with Gasteiger partial charge in [0.05, 0.1) is 33.8 Å². The van der Waals surface area contributed by atoms with Crippen LogP contribution in [0.4, 0.5) is 0 Å². The Labute approximate surface area is 463 Å². The van der Waals surface area contributed by atoms with Gasteiger partial charge in [0.25, 0.3) is 0 Å². The van der Waals surface area contributed by atoms with Gasteiger partial charge in [-0.1, -0.05) is 254 Å². The molecule has 0 radical (unpaired) electrons. The predicted octanol–water partition coefficient (Wildman–Crippen LogP) is 19.0. The van der Waals surface area contributed by atoms with Crippen LogP contribution in [-0.4, -0.2) is 74.3 Å². The van der Waals surface area contributed by atoms with E-state index in [1.165, 1.54) is 122 Å². The first-order chi connectivity index (χ1) is 36.4. The van der Waals surface area contributed by atoms with Crippen LogP contribution >= 0.6 is 7.82 Å². The monoisotopic (exact) mass is 1070 g/mol. The maximum absolute atomic E-state index is 13.5. The van der Waals surface area contributed by atoms with Gasteiger partial charge in [0, 0.05) is 12.8 Å². The summed E-state index contributed by atoms with van der Waals surface area (Å²) in [5.74, 6) is -0.532. The highest BCUT2D eigenvalue weighted by Crippen LogP contribution is 2.43. The number of carbonyl (C=O) groups is 2. The Balaban J connectivity index is 5.28. The minimum absolute atomic E-state index is 0.0337. The van der Waals surface area contributed by atoms with E-state index in [1.54, 1.807) is 0 Å². The molecular formula is C65H118N2O7P+. The topological polar surface area (TPSA) is 111 Å². The molecule has 0 bridgehead atoms. The Morgan fingerprint density at radius 2 is 0.853 bits per heavy atom. The zero-order chi connectivity index (χ0) is 55.0. The summed E-state index contributed by atoms with van der Waals surface area (Å²) in [5.41, 5.74) is 0. The Kier molecular flexibility index (Phi) is 52.5. The Hall–Kier alpha value is -2.81. The molecule has 0 aliphatic rings. The van der Waals surface area contributed by atoms with Gasteiger partial charge in [0.1, 0.15) is 19.3 Å². The van der Waals surface area contributed by atoms with Crippen LogP contribution in [-0.2, 0) is 27.9 Å². The number of hydrogen-bond acceptors (Lipinski definition) is 6. The summed E-state index contributed by atoms with van der Waals surface area (Å²) in [6.45, 7) is 6.88. The molecule has 0 aromatic heterocycles. The fourth-order valence-corrected chi connectivity index (χ4v) is 9.33. The van der Waals surface area contributed by atoms with Crippen LogP contribution in [0.2, 0.25) is 0 Å². The minimum Gasteiger partial charge on any atom is -0.456 e. The van der Waals surface area contributed by atoms with Crippen LogP contribution in [0.3, 0.4) is 0 Å². The maximum atomic E-state index is 13.5. The second-order valence-corrected chi connectivity index (χ2v) is 23.3. The van der Waals surface area contributed by atoms with Gasteiger partial charge in [0.2, 0.25) is 5.91 Å². The molecule has 0 saturated heterocycles. The number of unbranched alkanes of at least 4 members (excludes halogenated alkanes) is 27. The molecule has 434 valence electrons. The average molecular weight is 1070 g/mol. The highest BCUT2D eigenvalue weighted by atomic mass is 31.2. The van der Waals surface area contributed by atoms with Crippen molar-refractivity contribution < 1.29 is 37.3 Å². The van der Waals surface area contributed by atoms with Gasteiger partial charge < -0.3 is 19.4 Å². The normalized spacial score (nSPS) is 14.3. The van der Waals surface area contributed by atoms with Crippen molar-refractivity contribution in [3.63, 3.8) is 0 Å². The molecule has 2 N–H and O–H groups in total. The second-order valence-electron chi connectivity index (χ2n) is 21.9. The smallest absolute Gasteiger partial charge is 0.456 e. The number of likely N-dealkylation sites (N-methyl/N-ethyl adjacent to an activating group) is 1. The summed E-state index contributed by atoms with van der Waals surface area (Å²) < 4.78 is 30.7. The molecule has 0 aliphatic heterocycles. The number of phosphoric ester groups is 1. The van der Waals surface area contributed by atoms with Crippen LogP contribution in [0.5, 0.6) is 0 Å². The van der Waals surface area contributed by atoms with Crippen LogP contribution in [0.15, 0.2) is 85.1 Å². The zero-order valence-corrected chi connectivity index (χ0v) is 50.4. The standard InChI is InChI=1S/C65H117N2O7P/c1-7-10-13-16-19-22-25-28-30-31-32-33-34-35-36-37-38-40-43-46-49-52-55-58-65(69)74-63(56-53-50-47-44-41-27-24-21-18-15-12-9-3)62(61-73-75(70,71)72-60-59-67(4,5)6)66-64(68)57-54-51-48-45-42-39-29-26-23-20-17-14-11-8-2/h10,13,19,22,28,30,32-33,35-36,38,40,53,56,62-63H,7-9,11-12,14-18,20-21,23-27,29,31,34,37,39,41-52,54-55,57-61H2,1-6H3,(H-,66,68,70,71)/p+1/b13-10-,22-19-,30-28-,33-32-,36-35-,40-38-,56-53+. The molecule has 75 heavy (non-hydrogen) atoms. The van der Waals surface area contributed by atoms with Crippen LogP contribution in [0.25, 0.3) is 0 Å². The molecule has 3 unspecified atom stereocenters. The van der Waals surface area contributed by atoms with E-state index in [-0.39, 0.29) is 31.5 Å². The van der Waals surface area contributed by atoms with E-state index in [2.05, 4.69) is 99.0 Å². The van der Waals surface area contributed by atoms with Crippen molar-refractivity contribution in [1.29, 1.82) is 0 Å². The van der Waals surface area contributed by atoms with E-state index < -0.39 is 20.0 Å². The minimum atomic E-state index is -4.45. The first kappa shape index (κ1) is 72.2. The van der Waals surface area contributed by atoms with E-state index in [4.69, 9.17) is 13.8 Å². The summed E-state index contributed by atoms with van der Waals surface area (Å²) >= 11 is 0. The Morgan fingerprint density at radius 1 is 0.480 bits per heavy atom. The molecule has 3 atom stereocenters. The van der Waals surface area contributed by atoms with Crippen molar-refractivity contribution in [3.05, 3.63) is 85.1 Å². The quantitative estimate of drug-likeness (QED) is 0.0205. The molecular weight excluding hydrogens is 952 g/mol. The van der Waals surface area contributed by atoms with E-state index >= 15 is 0 Å². The number of phosphoric acid groups is 1. The summed E-state index contributed by atoms with van der Waals surface area (Å²) in [7, 11) is 1.48. The van der Waals surface area contributed by atoms with Crippen LogP contribution in [0.1, 0.15) is 265 Å². The number of nitrogens with zero attached hydrogens (tertiary/aromatic N) is 1. The largest absolute Gasteiger partial charge is 0.472 e. The van der Waals surface area contributed by atoms with Gasteiger partial charge in [-0.2, -0.15) is 0 Å². The highest BCUT2D eigenvalue weighted by Gasteiger charge is 2.30. The summed E-state index contributed by atoms with van der Waals surface area (Å²) in [6, 6.07) is -0.860. The van der Waals surface area contributed by atoms with Gasteiger partial charge in [0.15, 0.2) is 0 Å². The first-order valence-corrected chi connectivity index (χ1v) is 32.4.